The summed E-state index contributed by atoms with van der Waals surface area (Å²) in [6, 6.07) is 9.14. The maximum absolute atomic E-state index is 12.8. The first-order valence-electron chi connectivity index (χ1n) is 9.28. The number of benzene rings is 1. The molecule has 1 saturated carbocycles. The summed E-state index contributed by atoms with van der Waals surface area (Å²) in [5.41, 5.74) is 8.25. The first-order valence-corrected chi connectivity index (χ1v) is 9.28. The van der Waals surface area contributed by atoms with Crippen molar-refractivity contribution in [1.82, 2.24) is 9.80 Å². The van der Waals surface area contributed by atoms with Crippen LogP contribution in [0, 0.1) is 5.41 Å². The number of rotatable bonds is 5. The van der Waals surface area contributed by atoms with Gasteiger partial charge in [0.25, 0.3) is 5.91 Å². The molecular formula is C20H31N3O. The van der Waals surface area contributed by atoms with Crippen molar-refractivity contribution in [2.45, 2.75) is 58.7 Å². The van der Waals surface area contributed by atoms with Crippen molar-refractivity contribution in [3.63, 3.8) is 0 Å². The van der Waals surface area contributed by atoms with Crippen LogP contribution in [0.1, 0.15) is 56.0 Å². The molecule has 1 aromatic carbocycles. The number of carbonyl (C=O) groups excluding carboxylic acids is 1. The van der Waals surface area contributed by atoms with E-state index in [-0.39, 0.29) is 17.4 Å². The molecule has 0 spiro atoms. The van der Waals surface area contributed by atoms with Gasteiger partial charge in [-0.1, -0.05) is 32.9 Å². The fourth-order valence-electron chi connectivity index (χ4n) is 3.66. The molecule has 1 aliphatic carbocycles. The SMILES string of the molecule is CCN(Cc1ccc(C(=O)N2CCC(N)C(C)(C)C2)cc1)C1CC1. The highest BCUT2D eigenvalue weighted by molar-refractivity contribution is 5.94. The zero-order valence-corrected chi connectivity index (χ0v) is 15.3. The van der Waals surface area contributed by atoms with E-state index in [0.717, 1.165) is 44.2 Å². The molecule has 3 rings (SSSR count). The number of amides is 1. The van der Waals surface area contributed by atoms with E-state index in [4.69, 9.17) is 5.73 Å². The fourth-order valence-corrected chi connectivity index (χ4v) is 3.66. The Kier molecular flexibility index (Phi) is 4.97. The van der Waals surface area contributed by atoms with Gasteiger partial charge in [0, 0.05) is 37.3 Å². The zero-order chi connectivity index (χ0) is 17.3. The van der Waals surface area contributed by atoms with E-state index in [1.54, 1.807) is 0 Å². The number of hydrogen-bond donors (Lipinski definition) is 1. The van der Waals surface area contributed by atoms with Crippen LogP contribution >= 0.6 is 0 Å². The van der Waals surface area contributed by atoms with Crippen LogP contribution in [0.15, 0.2) is 24.3 Å². The van der Waals surface area contributed by atoms with E-state index >= 15 is 0 Å². The van der Waals surface area contributed by atoms with Gasteiger partial charge in [-0.3, -0.25) is 9.69 Å². The topological polar surface area (TPSA) is 49.6 Å². The van der Waals surface area contributed by atoms with E-state index in [9.17, 15) is 4.79 Å². The predicted octanol–water partition coefficient (Wildman–Crippen LogP) is 2.87. The summed E-state index contributed by atoms with van der Waals surface area (Å²) >= 11 is 0. The lowest BCUT2D eigenvalue weighted by Crippen LogP contribution is -2.53. The minimum Gasteiger partial charge on any atom is -0.338 e. The maximum atomic E-state index is 12.8. The van der Waals surface area contributed by atoms with Gasteiger partial charge in [-0.15, -0.1) is 0 Å². The molecule has 0 aromatic heterocycles. The lowest BCUT2D eigenvalue weighted by molar-refractivity contribution is 0.0533. The second-order valence-corrected chi connectivity index (χ2v) is 8.10. The van der Waals surface area contributed by atoms with E-state index in [1.807, 2.05) is 17.0 Å². The predicted molar refractivity (Wildman–Crippen MR) is 97.8 cm³/mol. The van der Waals surface area contributed by atoms with E-state index in [0.29, 0.717) is 0 Å². The Labute approximate surface area is 146 Å². The van der Waals surface area contributed by atoms with Crippen molar-refractivity contribution < 1.29 is 4.79 Å². The number of likely N-dealkylation sites (tertiary alicyclic amines) is 1. The summed E-state index contributed by atoms with van der Waals surface area (Å²) in [5.74, 6) is 0.135. The van der Waals surface area contributed by atoms with E-state index in [1.165, 1.54) is 18.4 Å². The molecule has 2 aliphatic rings. The third-order valence-electron chi connectivity index (χ3n) is 5.66. The second kappa shape index (κ2) is 6.85. The first kappa shape index (κ1) is 17.4. The summed E-state index contributed by atoms with van der Waals surface area (Å²) in [6.07, 6.45) is 3.54. The van der Waals surface area contributed by atoms with Crippen molar-refractivity contribution in [1.29, 1.82) is 0 Å². The highest BCUT2D eigenvalue weighted by atomic mass is 16.2. The van der Waals surface area contributed by atoms with Gasteiger partial charge in [0.05, 0.1) is 0 Å². The van der Waals surface area contributed by atoms with Crippen LogP contribution in [0.25, 0.3) is 0 Å². The first-order chi connectivity index (χ1) is 11.4. The molecule has 2 N–H and O–H groups in total. The van der Waals surface area contributed by atoms with Gasteiger partial charge in [-0.2, -0.15) is 0 Å². The number of carbonyl (C=O) groups is 1. The lowest BCUT2D eigenvalue weighted by atomic mass is 9.79. The largest absolute Gasteiger partial charge is 0.338 e. The quantitative estimate of drug-likeness (QED) is 0.904. The number of nitrogens with two attached hydrogens (primary N) is 1. The number of piperidine rings is 1. The monoisotopic (exact) mass is 329 g/mol. The number of nitrogens with zero attached hydrogens (tertiary/aromatic N) is 2. The molecule has 1 aliphatic heterocycles. The Hall–Kier alpha value is -1.39. The van der Waals surface area contributed by atoms with Crippen LogP contribution in [-0.2, 0) is 6.54 Å². The van der Waals surface area contributed by atoms with Gasteiger partial charge in [-0.25, -0.2) is 0 Å². The van der Waals surface area contributed by atoms with Gasteiger partial charge in [0.1, 0.15) is 0 Å². The Bertz CT molecular complexity index is 577. The molecule has 1 saturated heterocycles. The van der Waals surface area contributed by atoms with Crippen molar-refractivity contribution in [3.05, 3.63) is 35.4 Å². The molecule has 0 radical (unpaired) electrons. The highest BCUT2D eigenvalue weighted by Gasteiger charge is 2.35. The Morgan fingerprint density at radius 2 is 1.92 bits per heavy atom. The average Bonchev–Trinajstić information content (AvgIpc) is 3.40. The molecule has 1 atom stereocenters. The molecule has 132 valence electrons. The van der Waals surface area contributed by atoms with Crippen LogP contribution in [0.2, 0.25) is 0 Å². The van der Waals surface area contributed by atoms with E-state index in [2.05, 4.69) is 37.8 Å². The van der Waals surface area contributed by atoms with Gasteiger partial charge >= 0.3 is 0 Å². The van der Waals surface area contributed by atoms with Crippen LogP contribution < -0.4 is 5.73 Å². The summed E-state index contributed by atoms with van der Waals surface area (Å²) in [7, 11) is 0. The minimum absolute atomic E-state index is 0.0141. The Balaban J connectivity index is 1.63. The van der Waals surface area contributed by atoms with Gasteiger partial charge in [-0.05, 0) is 48.9 Å². The smallest absolute Gasteiger partial charge is 0.253 e. The molecule has 1 amide bonds. The molecule has 24 heavy (non-hydrogen) atoms. The van der Waals surface area contributed by atoms with E-state index < -0.39 is 0 Å². The molecule has 4 nitrogen and oxygen atoms in total. The molecule has 1 unspecified atom stereocenters. The molecule has 1 heterocycles. The standard InChI is InChI=1S/C20H31N3O/c1-4-22(17-9-10-17)13-15-5-7-16(8-6-15)19(24)23-12-11-18(21)20(2,3)14-23/h5-8,17-18H,4,9-14,21H2,1-3H3. The maximum Gasteiger partial charge on any atom is 0.253 e. The summed E-state index contributed by atoms with van der Waals surface area (Å²) < 4.78 is 0. The van der Waals surface area contributed by atoms with Crippen molar-refractivity contribution in [2.24, 2.45) is 11.1 Å². The zero-order valence-electron chi connectivity index (χ0n) is 15.3. The van der Waals surface area contributed by atoms with Gasteiger partial charge in [0.2, 0.25) is 0 Å². The third kappa shape index (κ3) is 3.81. The van der Waals surface area contributed by atoms with Crippen molar-refractivity contribution in [3.8, 4) is 0 Å². The Morgan fingerprint density at radius 3 is 2.46 bits per heavy atom. The summed E-state index contributed by atoms with van der Waals surface area (Å²) in [6.45, 7) is 10.1. The number of hydrogen-bond acceptors (Lipinski definition) is 3. The highest BCUT2D eigenvalue weighted by Crippen LogP contribution is 2.29. The van der Waals surface area contributed by atoms with Gasteiger partial charge in [0.15, 0.2) is 0 Å². The van der Waals surface area contributed by atoms with Crippen LogP contribution in [-0.4, -0.2) is 47.4 Å². The van der Waals surface area contributed by atoms with Crippen LogP contribution in [0.5, 0.6) is 0 Å². The molecule has 2 fully saturated rings. The van der Waals surface area contributed by atoms with Crippen LogP contribution in [0.3, 0.4) is 0 Å². The van der Waals surface area contributed by atoms with Crippen molar-refractivity contribution in [2.75, 3.05) is 19.6 Å². The average molecular weight is 329 g/mol. The van der Waals surface area contributed by atoms with Gasteiger partial charge < -0.3 is 10.6 Å². The molecular weight excluding hydrogens is 298 g/mol. The third-order valence-corrected chi connectivity index (χ3v) is 5.66. The van der Waals surface area contributed by atoms with Crippen molar-refractivity contribution >= 4 is 5.91 Å². The fraction of sp³-hybridized carbons (Fsp3) is 0.650. The molecule has 0 bridgehead atoms. The Morgan fingerprint density at radius 1 is 1.25 bits per heavy atom. The normalized spacial score (nSPS) is 23.5. The molecule has 1 aromatic rings. The minimum atomic E-state index is -0.0141. The molecule has 4 heteroatoms. The summed E-state index contributed by atoms with van der Waals surface area (Å²) in [4.78, 5) is 17.3. The second-order valence-electron chi connectivity index (χ2n) is 8.10. The lowest BCUT2D eigenvalue weighted by Gasteiger charge is -2.42. The van der Waals surface area contributed by atoms with Crippen LogP contribution in [0.4, 0.5) is 0 Å². The summed E-state index contributed by atoms with van der Waals surface area (Å²) in [5, 5.41) is 0.